The molecule has 0 saturated carbocycles. The van der Waals surface area contributed by atoms with Gasteiger partial charge in [0.15, 0.2) is 0 Å². The molecule has 0 aromatic heterocycles. The minimum absolute atomic E-state index is 0.0848. The van der Waals surface area contributed by atoms with Crippen molar-refractivity contribution in [2.75, 3.05) is 13.2 Å². The lowest BCUT2D eigenvalue weighted by Crippen LogP contribution is -2.21. The van der Waals surface area contributed by atoms with Crippen LogP contribution in [0.4, 0.5) is 0 Å². The summed E-state index contributed by atoms with van der Waals surface area (Å²) in [6.45, 7) is 4.20. The third kappa shape index (κ3) is 5.23. The average molecular weight is 401 g/mol. The highest BCUT2D eigenvalue weighted by Gasteiger charge is 2.23. The Hall–Kier alpha value is -0.670. The second-order valence-corrected chi connectivity index (χ2v) is 7.01. The van der Waals surface area contributed by atoms with Gasteiger partial charge < -0.3 is 9.47 Å². The predicted octanol–water partition coefficient (Wildman–Crippen LogP) is 2.33. The summed E-state index contributed by atoms with van der Waals surface area (Å²) in [5.74, 6) is -0.751. The Balaban J connectivity index is 3.08. The quantitative estimate of drug-likeness (QED) is 0.739. The number of primary sulfonamides is 1. The van der Waals surface area contributed by atoms with Gasteiger partial charge in [-0.1, -0.05) is 27.5 Å². The predicted molar refractivity (Wildman–Crippen MR) is 81.9 cm³/mol. The number of ether oxygens (including phenoxy) is 2. The van der Waals surface area contributed by atoms with E-state index in [0.29, 0.717) is 11.1 Å². The first-order chi connectivity index (χ1) is 9.66. The first-order valence-corrected chi connectivity index (χ1v) is 8.69. The number of benzene rings is 1. The Morgan fingerprint density at radius 3 is 2.62 bits per heavy atom. The molecule has 1 aromatic rings. The maximum absolute atomic E-state index is 12.1. The molecule has 0 bridgehead atoms. The van der Waals surface area contributed by atoms with Crippen molar-refractivity contribution >= 4 is 43.5 Å². The molecule has 21 heavy (non-hydrogen) atoms. The molecule has 1 rings (SSSR count). The molecule has 0 fully saturated rings. The van der Waals surface area contributed by atoms with Gasteiger partial charge in [-0.25, -0.2) is 18.4 Å². The van der Waals surface area contributed by atoms with E-state index in [1.165, 1.54) is 12.1 Å². The van der Waals surface area contributed by atoms with Gasteiger partial charge in [-0.2, -0.15) is 0 Å². The van der Waals surface area contributed by atoms with Crippen molar-refractivity contribution in [3.63, 3.8) is 0 Å². The van der Waals surface area contributed by atoms with E-state index in [0.717, 1.165) is 0 Å². The van der Waals surface area contributed by atoms with Crippen LogP contribution >= 0.6 is 27.5 Å². The molecule has 1 atom stereocenters. The van der Waals surface area contributed by atoms with E-state index in [9.17, 15) is 13.2 Å². The van der Waals surface area contributed by atoms with Gasteiger partial charge in [0.1, 0.15) is 11.0 Å². The second kappa shape index (κ2) is 7.55. The lowest BCUT2D eigenvalue weighted by molar-refractivity contribution is 0.00438. The number of nitrogens with two attached hydrogens (primary N) is 1. The largest absolute Gasteiger partial charge is 0.457 e. The number of hydrogen-bond acceptors (Lipinski definition) is 5. The van der Waals surface area contributed by atoms with Gasteiger partial charge in [-0.3, -0.25) is 0 Å². The van der Waals surface area contributed by atoms with Crippen LogP contribution in [0, 0.1) is 0 Å². The lowest BCUT2D eigenvalue weighted by atomic mass is 10.2. The van der Waals surface area contributed by atoms with Crippen LogP contribution in [-0.4, -0.2) is 33.7 Å². The van der Waals surface area contributed by atoms with Gasteiger partial charge in [0.25, 0.3) is 0 Å². The van der Waals surface area contributed by atoms with E-state index >= 15 is 0 Å². The Kier molecular flexibility index (Phi) is 6.61. The van der Waals surface area contributed by atoms with Crippen molar-refractivity contribution in [1.29, 1.82) is 0 Å². The molecule has 0 heterocycles. The summed E-state index contributed by atoms with van der Waals surface area (Å²) in [5, 5.41) is 4.79. The van der Waals surface area contributed by atoms with E-state index in [1.807, 2.05) is 6.92 Å². The molecular weight excluding hydrogens is 386 g/mol. The van der Waals surface area contributed by atoms with Crippen molar-refractivity contribution in [3.05, 3.63) is 27.2 Å². The summed E-state index contributed by atoms with van der Waals surface area (Å²) in [7, 11) is -4.05. The second-order valence-electron chi connectivity index (χ2n) is 4.19. The van der Waals surface area contributed by atoms with Crippen molar-refractivity contribution in [2.24, 2.45) is 5.14 Å². The Bertz CT molecular complexity index is 635. The number of rotatable bonds is 6. The third-order valence-electron chi connectivity index (χ3n) is 2.40. The molecule has 0 aliphatic rings. The SMILES string of the molecule is CCOCC(C)OC(=O)c1cc(Br)cc(S(N)(=O)=O)c1Cl. The summed E-state index contributed by atoms with van der Waals surface area (Å²) in [6, 6.07) is 2.59. The van der Waals surface area contributed by atoms with Crippen LogP contribution in [-0.2, 0) is 19.5 Å². The normalized spacial score (nSPS) is 13.0. The molecule has 0 amide bonds. The fourth-order valence-corrected chi connectivity index (χ4v) is 3.25. The summed E-state index contributed by atoms with van der Waals surface area (Å²) >= 11 is 9.04. The molecule has 9 heteroatoms. The van der Waals surface area contributed by atoms with E-state index < -0.39 is 22.1 Å². The summed E-state index contributed by atoms with van der Waals surface area (Å²) < 4.78 is 33.5. The summed E-state index contributed by atoms with van der Waals surface area (Å²) in [6.07, 6.45) is -0.495. The van der Waals surface area contributed by atoms with Gasteiger partial charge in [0.05, 0.1) is 17.2 Å². The zero-order valence-electron chi connectivity index (χ0n) is 11.4. The molecule has 6 nitrogen and oxygen atoms in total. The molecule has 0 spiro atoms. The summed E-state index contributed by atoms with van der Waals surface area (Å²) in [5.41, 5.74) is -0.0848. The van der Waals surface area contributed by atoms with Gasteiger partial charge >= 0.3 is 5.97 Å². The molecule has 0 aliphatic carbocycles. The maximum atomic E-state index is 12.1. The molecule has 1 aromatic carbocycles. The molecule has 118 valence electrons. The van der Waals surface area contributed by atoms with Gasteiger partial charge in [0, 0.05) is 11.1 Å². The number of esters is 1. The van der Waals surface area contributed by atoms with Crippen LogP contribution in [0.1, 0.15) is 24.2 Å². The number of carbonyl (C=O) groups is 1. The van der Waals surface area contributed by atoms with Crippen LogP contribution in [0.3, 0.4) is 0 Å². The number of sulfonamides is 1. The topological polar surface area (TPSA) is 95.7 Å². The van der Waals surface area contributed by atoms with Crippen molar-refractivity contribution < 1.29 is 22.7 Å². The first kappa shape index (κ1) is 18.4. The smallest absolute Gasteiger partial charge is 0.340 e. The Morgan fingerprint density at radius 1 is 1.48 bits per heavy atom. The molecule has 1 unspecified atom stereocenters. The Morgan fingerprint density at radius 2 is 2.10 bits per heavy atom. The number of hydrogen-bond donors (Lipinski definition) is 1. The van der Waals surface area contributed by atoms with Crippen LogP contribution in [0.25, 0.3) is 0 Å². The molecule has 0 radical (unpaired) electrons. The van der Waals surface area contributed by atoms with Crippen molar-refractivity contribution in [1.82, 2.24) is 0 Å². The fraction of sp³-hybridized carbons (Fsp3) is 0.417. The van der Waals surface area contributed by atoms with Crippen molar-refractivity contribution in [2.45, 2.75) is 24.8 Å². The van der Waals surface area contributed by atoms with E-state index in [4.69, 9.17) is 26.2 Å². The molecule has 0 aliphatic heterocycles. The summed E-state index contributed by atoms with van der Waals surface area (Å²) in [4.78, 5) is 11.7. The zero-order chi connectivity index (χ0) is 16.2. The molecule has 2 N–H and O–H groups in total. The third-order valence-corrected chi connectivity index (χ3v) is 4.31. The Labute approximate surface area is 136 Å². The van der Waals surface area contributed by atoms with Gasteiger partial charge in [-0.05, 0) is 26.0 Å². The van der Waals surface area contributed by atoms with Crippen LogP contribution in [0.15, 0.2) is 21.5 Å². The molecule has 0 saturated heterocycles. The van der Waals surface area contributed by atoms with Crippen LogP contribution < -0.4 is 5.14 Å². The number of halogens is 2. The maximum Gasteiger partial charge on any atom is 0.340 e. The number of carbonyl (C=O) groups excluding carboxylic acids is 1. The molecular formula is C12H15BrClNO5S. The fourth-order valence-electron chi connectivity index (χ4n) is 1.48. The highest BCUT2D eigenvalue weighted by atomic mass is 79.9. The van der Waals surface area contributed by atoms with Gasteiger partial charge in [0.2, 0.25) is 10.0 Å². The highest BCUT2D eigenvalue weighted by Crippen LogP contribution is 2.29. The highest BCUT2D eigenvalue weighted by molar-refractivity contribution is 9.10. The van der Waals surface area contributed by atoms with E-state index in [1.54, 1.807) is 6.92 Å². The lowest BCUT2D eigenvalue weighted by Gasteiger charge is -2.14. The van der Waals surface area contributed by atoms with Crippen LogP contribution in [0.5, 0.6) is 0 Å². The standard InChI is InChI=1S/C12H15BrClNO5S/c1-3-19-6-7(2)20-12(16)9-4-8(13)5-10(11(9)14)21(15,17)18/h4-5,7H,3,6H2,1-2H3,(H2,15,17,18). The zero-order valence-corrected chi connectivity index (χ0v) is 14.6. The minimum Gasteiger partial charge on any atom is -0.457 e. The van der Waals surface area contributed by atoms with Crippen molar-refractivity contribution in [3.8, 4) is 0 Å². The first-order valence-electron chi connectivity index (χ1n) is 5.97. The van der Waals surface area contributed by atoms with E-state index in [2.05, 4.69) is 15.9 Å². The van der Waals surface area contributed by atoms with Gasteiger partial charge in [-0.15, -0.1) is 0 Å². The minimum atomic E-state index is -4.05. The monoisotopic (exact) mass is 399 g/mol. The average Bonchev–Trinajstić information content (AvgIpc) is 2.37. The van der Waals surface area contributed by atoms with Crippen LogP contribution in [0.2, 0.25) is 5.02 Å². The van der Waals surface area contributed by atoms with E-state index in [-0.39, 0.29) is 22.1 Å².